The minimum absolute atomic E-state index is 0.336. The van der Waals surface area contributed by atoms with E-state index in [1.807, 2.05) is 0 Å². The van der Waals surface area contributed by atoms with Gasteiger partial charge < -0.3 is 10.4 Å². The number of nitrogens with one attached hydrogen (secondary N) is 1. The third-order valence-electron chi connectivity index (χ3n) is 2.49. The predicted octanol–water partition coefficient (Wildman–Crippen LogP) is 1.96. The van der Waals surface area contributed by atoms with Crippen LogP contribution in [0, 0.1) is 5.92 Å². The molecule has 0 aliphatic heterocycles. The number of carbonyl (C=O) groups is 2. The highest BCUT2D eigenvalue weighted by Crippen LogP contribution is 2.10. The van der Waals surface area contributed by atoms with E-state index < -0.39 is 5.97 Å². The number of rotatable bonds is 8. The highest BCUT2D eigenvalue weighted by atomic mass is 16.4. The zero-order valence-corrected chi connectivity index (χ0v) is 10.0. The average molecular weight is 227 g/mol. The van der Waals surface area contributed by atoms with Crippen LogP contribution in [0.1, 0.15) is 39.5 Å². The summed E-state index contributed by atoms with van der Waals surface area (Å²) in [5.41, 5.74) is 0. The van der Waals surface area contributed by atoms with Crippen LogP contribution in [0.5, 0.6) is 0 Å². The zero-order valence-electron chi connectivity index (χ0n) is 10.0. The van der Waals surface area contributed by atoms with Crippen molar-refractivity contribution in [3.05, 3.63) is 12.2 Å². The van der Waals surface area contributed by atoms with Gasteiger partial charge in [-0.25, -0.2) is 4.79 Å². The average Bonchev–Trinajstić information content (AvgIpc) is 2.26. The third-order valence-corrected chi connectivity index (χ3v) is 2.49. The lowest BCUT2D eigenvalue weighted by Crippen LogP contribution is -2.27. The summed E-state index contributed by atoms with van der Waals surface area (Å²) in [6.45, 7) is 4.86. The molecule has 0 aromatic carbocycles. The Bertz CT molecular complexity index is 249. The first kappa shape index (κ1) is 14.7. The molecular formula is C12H21NO3. The normalized spacial score (nSPS) is 12.6. The molecule has 0 saturated carbocycles. The van der Waals surface area contributed by atoms with Gasteiger partial charge >= 0.3 is 5.97 Å². The van der Waals surface area contributed by atoms with Gasteiger partial charge in [-0.3, -0.25) is 4.79 Å². The number of carboxylic acids is 1. The minimum Gasteiger partial charge on any atom is -0.478 e. The van der Waals surface area contributed by atoms with Gasteiger partial charge in [0.05, 0.1) is 0 Å². The zero-order chi connectivity index (χ0) is 12.4. The first-order valence-electron chi connectivity index (χ1n) is 5.79. The SMILES string of the molecule is CCCCC(CC)CNC(=O)/C=C/C(=O)O. The molecule has 92 valence electrons. The van der Waals surface area contributed by atoms with Crippen molar-refractivity contribution in [3.63, 3.8) is 0 Å². The first-order valence-corrected chi connectivity index (χ1v) is 5.79. The van der Waals surface area contributed by atoms with E-state index in [0.29, 0.717) is 12.5 Å². The summed E-state index contributed by atoms with van der Waals surface area (Å²) in [5, 5.41) is 11.0. The van der Waals surface area contributed by atoms with Gasteiger partial charge in [0.1, 0.15) is 0 Å². The third kappa shape index (κ3) is 8.03. The van der Waals surface area contributed by atoms with Crippen LogP contribution in [0.4, 0.5) is 0 Å². The fourth-order valence-electron chi connectivity index (χ4n) is 1.39. The summed E-state index contributed by atoms with van der Waals surface area (Å²) < 4.78 is 0. The Labute approximate surface area is 96.7 Å². The quantitative estimate of drug-likeness (QED) is 0.623. The van der Waals surface area contributed by atoms with E-state index in [-0.39, 0.29) is 5.91 Å². The monoisotopic (exact) mass is 227 g/mol. The molecule has 4 nitrogen and oxygen atoms in total. The van der Waals surface area contributed by atoms with Gasteiger partial charge in [-0.15, -0.1) is 0 Å². The van der Waals surface area contributed by atoms with Gasteiger partial charge in [-0.05, 0) is 12.3 Å². The van der Waals surface area contributed by atoms with Crippen LogP contribution in [0.25, 0.3) is 0 Å². The van der Waals surface area contributed by atoms with Crippen molar-refractivity contribution in [1.82, 2.24) is 5.32 Å². The van der Waals surface area contributed by atoms with Gasteiger partial charge in [0, 0.05) is 18.7 Å². The summed E-state index contributed by atoms with van der Waals surface area (Å²) in [6.07, 6.45) is 6.36. The smallest absolute Gasteiger partial charge is 0.328 e. The van der Waals surface area contributed by atoms with E-state index in [2.05, 4.69) is 19.2 Å². The van der Waals surface area contributed by atoms with Crippen molar-refractivity contribution < 1.29 is 14.7 Å². The van der Waals surface area contributed by atoms with E-state index >= 15 is 0 Å². The van der Waals surface area contributed by atoms with Gasteiger partial charge in [0.25, 0.3) is 0 Å². The molecule has 0 aromatic heterocycles. The molecule has 1 atom stereocenters. The standard InChI is InChI=1S/C12H21NO3/c1-3-5-6-10(4-2)9-13-11(14)7-8-12(15)16/h7-8,10H,3-6,9H2,1-2H3,(H,13,14)(H,15,16)/b8-7+. The Balaban J connectivity index is 3.83. The molecular weight excluding hydrogens is 206 g/mol. The van der Waals surface area contributed by atoms with Gasteiger partial charge in [-0.2, -0.15) is 0 Å². The number of amides is 1. The van der Waals surface area contributed by atoms with Crippen LogP contribution in [0.15, 0.2) is 12.2 Å². The number of hydrogen-bond acceptors (Lipinski definition) is 2. The largest absolute Gasteiger partial charge is 0.478 e. The molecule has 4 heteroatoms. The fraction of sp³-hybridized carbons (Fsp3) is 0.667. The van der Waals surface area contributed by atoms with Crippen LogP contribution in [0.3, 0.4) is 0 Å². The van der Waals surface area contributed by atoms with E-state index in [4.69, 9.17) is 5.11 Å². The Morgan fingerprint density at radius 1 is 1.31 bits per heavy atom. The lowest BCUT2D eigenvalue weighted by atomic mass is 9.99. The molecule has 0 aliphatic carbocycles. The van der Waals surface area contributed by atoms with Crippen molar-refractivity contribution in [3.8, 4) is 0 Å². The molecule has 0 aliphatic rings. The fourth-order valence-corrected chi connectivity index (χ4v) is 1.39. The summed E-state index contributed by atoms with van der Waals surface area (Å²) >= 11 is 0. The molecule has 16 heavy (non-hydrogen) atoms. The molecule has 1 unspecified atom stereocenters. The van der Waals surface area contributed by atoms with Gasteiger partial charge in [0.15, 0.2) is 0 Å². The lowest BCUT2D eigenvalue weighted by molar-refractivity contribution is -0.131. The van der Waals surface area contributed by atoms with E-state index in [1.165, 1.54) is 6.42 Å². The number of carbonyl (C=O) groups excluding carboxylic acids is 1. The van der Waals surface area contributed by atoms with Crippen molar-refractivity contribution in [2.24, 2.45) is 5.92 Å². The topological polar surface area (TPSA) is 66.4 Å². The molecule has 0 fully saturated rings. The molecule has 0 spiro atoms. The molecule has 0 radical (unpaired) electrons. The summed E-state index contributed by atoms with van der Waals surface area (Å²) in [7, 11) is 0. The predicted molar refractivity (Wildman–Crippen MR) is 63.1 cm³/mol. The maximum atomic E-state index is 11.2. The van der Waals surface area contributed by atoms with E-state index in [9.17, 15) is 9.59 Å². The highest BCUT2D eigenvalue weighted by molar-refractivity contribution is 5.93. The van der Waals surface area contributed by atoms with Crippen LogP contribution in [-0.2, 0) is 9.59 Å². The molecule has 0 rings (SSSR count). The second-order valence-electron chi connectivity index (χ2n) is 3.83. The van der Waals surface area contributed by atoms with E-state index in [1.54, 1.807) is 0 Å². The molecule has 0 heterocycles. The molecule has 0 aromatic rings. The van der Waals surface area contributed by atoms with Gasteiger partial charge in [-0.1, -0.05) is 33.1 Å². The van der Waals surface area contributed by atoms with Crippen LogP contribution in [-0.4, -0.2) is 23.5 Å². The van der Waals surface area contributed by atoms with Crippen molar-refractivity contribution in [1.29, 1.82) is 0 Å². The second kappa shape index (κ2) is 8.95. The van der Waals surface area contributed by atoms with Crippen LogP contribution < -0.4 is 5.32 Å². The second-order valence-corrected chi connectivity index (χ2v) is 3.83. The summed E-state index contributed by atoms with van der Waals surface area (Å²) in [5.74, 6) is -0.951. The van der Waals surface area contributed by atoms with Crippen LogP contribution >= 0.6 is 0 Å². The molecule has 0 bridgehead atoms. The molecule has 2 N–H and O–H groups in total. The summed E-state index contributed by atoms with van der Waals surface area (Å²) in [4.78, 5) is 21.4. The lowest BCUT2D eigenvalue weighted by Gasteiger charge is -2.14. The number of hydrogen-bond donors (Lipinski definition) is 2. The minimum atomic E-state index is -1.10. The Morgan fingerprint density at radius 3 is 2.50 bits per heavy atom. The summed E-state index contributed by atoms with van der Waals surface area (Å²) in [6, 6.07) is 0. The van der Waals surface area contributed by atoms with Crippen LogP contribution in [0.2, 0.25) is 0 Å². The maximum absolute atomic E-state index is 11.2. The van der Waals surface area contributed by atoms with Gasteiger partial charge in [0.2, 0.25) is 5.91 Å². The number of carboxylic acid groups (broad SMARTS) is 1. The van der Waals surface area contributed by atoms with Crippen molar-refractivity contribution in [2.45, 2.75) is 39.5 Å². The first-order chi connectivity index (χ1) is 7.60. The Morgan fingerprint density at radius 2 is 2.00 bits per heavy atom. The van der Waals surface area contributed by atoms with Crippen molar-refractivity contribution in [2.75, 3.05) is 6.54 Å². The molecule has 1 amide bonds. The van der Waals surface area contributed by atoms with E-state index in [0.717, 1.165) is 31.4 Å². The van der Waals surface area contributed by atoms with Crippen molar-refractivity contribution >= 4 is 11.9 Å². The number of aliphatic carboxylic acids is 1. The maximum Gasteiger partial charge on any atom is 0.328 e. The Hall–Kier alpha value is -1.32. The Kier molecular flexibility index (Phi) is 8.21. The number of unbranched alkanes of at least 4 members (excludes halogenated alkanes) is 1. The molecule has 0 saturated heterocycles. The highest BCUT2D eigenvalue weighted by Gasteiger charge is 2.06.